The number of alkyl halides is 2. The van der Waals surface area contributed by atoms with Crippen molar-refractivity contribution in [2.45, 2.75) is 6.43 Å². The predicted octanol–water partition coefficient (Wildman–Crippen LogP) is 0.218. The highest BCUT2D eigenvalue weighted by molar-refractivity contribution is 5.96. The first-order chi connectivity index (χ1) is 10.5. The number of ether oxygens (including phenoxy) is 2. The van der Waals surface area contributed by atoms with E-state index >= 15 is 0 Å². The molecule has 0 saturated carbocycles. The van der Waals surface area contributed by atoms with Crippen molar-refractivity contribution in [3.63, 3.8) is 0 Å². The number of hydrogen-bond acceptors (Lipinski definition) is 5. The lowest BCUT2D eigenvalue weighted by molar-refractivity contribution is -0.120. The van der Waals surface area contributed by atoms with E-state index in [9.17, 15) is 18.4 Å². The summed E-state index contributed by atoms with van der Waals surface area (Å²) in [7, 11) is 1.51. The Kier molecular flexibility index (Phi) is 7.76. The number of hydrogen-bond donors (Lipinski definition) is 2. The minimum Gasteiger partial charge on any atom is -0.472 e. The summed E-state index contributed by atoms with van der Waals surface area (Å²) in [6.45, 7) is -0.223. The molecule has 0 aliphatic heterocycles. The molecular weight excluding hydrogens is 300 g/mol. The zero-order valence-corrected chi connectivity index (χ0v) is 12.0. The van der Waals surface area contributed by atoms with Gasteiger partial charge in [-0.05, 0) is 6.07 Å². The van der Waals surface area contributed by atoms with Crippen LogP contribution in [0, 0.1) is 0 Å². The number of nitrogens with zero attached hydrogens (tertiary/aromatic N) is 1. The smallest absolute Gasteiger partial charge is 0.272 e. The molecule has 0 aromatic carbocycles. The van der Waals surface area contributed by atoms with Crippen molar-refractivity contribution in [3.8, 4) is 5.88 Å². The van der Waals surface area contributed by atoms with Crippen LogP contribution in [0.15, 0.2) is 18.3 Å². The van der Waals surface area contributed by atoms with Crippen molar-refractivity contribution < 1.29 is 27.8 Å². The van der Waals surface area contributed by atoms with Gasteiger partial charge in [0.05, 0.1) is 18.7 Å². The molecule has 7 nitrogen and oxygen atoms in total. The Labute approximate surface area is 126 Å². The van der Waals surface area contributed by atoms with Crippen molar-refractivity contribution in [1.82, 2.24) is 15.6 Å². The van der Waals surface area contributed by atoms with E-state index in [1.54, 1.807) is 0 Å². The Balaban J connectivity index is 2.37. The third-order valence-corrected chi connectivity index (χ3v) is 2.39. The molecule has 0 bridgehead atoms. The summed E-state index contributed by atoms with van der Waals surface area (Å²) in [6.07, 6.45) is -1.42. The second-order valence-electron chi connectivity index (χ2n) is 4.11. The average Bonchev–Trinajstić information content (AvgIpc) is 2.51. The molecule has 0 radical (unpaired) electrons. The van der Waals surface area contributed by atoms with Crippen LogP contribution in [0.4, 0.5) is 8.78 Å². The van der Waals surface area contributed by atoms with Gasteiger partial charge in [-0.1, -0.05) is 0 Å². The number of halogens is 2. The molecule has 0 fully saturated rings. The maximum Gasteiger partial charge on any atom is 0.272 e. The molecule has 0 atom stereocenters. The fourth-order valence-corrected chi connectivity index (χ4v) is 1.37. The van der Waals surface area contributed by atoms with Gasteiger partial charge in [-0.2, -0.15) is 0 Å². The van der Waals surface area contributed by atoms with Gasteiger partial charge < -0.3 is 20.1 Å². The Morgan fingerprint density at radius 2 is 2.09 bits per heavy atom. The number of aromatic nitrogens is 1. The van der Waals surface area contributed by atoms with Crippen LogP contribution in [0.3, 0.4) is 0 Å². The molecule has 1 heterocycles. The van der Waals surface area contributed by atoms with Crippen molar-refractivity contribution in [1.29, 1.82) is 0 Å². The summed E-state index contributed by atoms with van der Waals surface area (Å²) in [6, 6.07) is 2.67. The van der Waals surface area contributed by atoms with E-state index in [1.807, 2.05) is 0 Å². The Morgan fingerprint density at radius 3 is 2.68 bits per heavy atom. The van der Waals surface area contributed by atoms with Crippen molar-refractivity contribution in [2.75, 3.05) is 33.4 Å². The minimum absolute atomic E-state index is 0.00541. The lowest BCUT2D eigenvalue weighted by atomic mass is 10.2. The van der Waals surface area contributed by atoms with Gasteiger partial charge in [0, 0.05) is 25.9 Å². The van der Waals surface area contributed by atoms with Gasteiger partial charge in [0.15, 0.2) is 6.61 Å². The van der Waals surface area contributed by atoms with E-state index in [-0.39, 0.29) is 23.9 Å². The molecule has 2 amide bonds. The second kappa shape index (κ2) is 9.61. The summed E-state index contributed by atoms with van der Waals surface area (Å²) in [4.78, 5) is 26.8. The van der Waals surface area contributed by atoms with E-state index in [1.165, 1.54) is 25.4 Å². The number of pyridine rings is 1. The highest BCUT2D eigenvalue weighted by Gasteiger charge is 2.09. The Morgan fingerprint density at radius 1 is 1.32 bits per heavy atom. The van der Waals surface area contributed by atoms with Crippen LogP contribution in [0.5, 0.6) is 5.88 Å². The highest BCUT2D eigenvalue weighted by Crippen LogP contribution is 2.08. The van der Waals surface area contributed by atoms with Crippen LogP contribution >= 0.6 is 0 Å². The molecule has 1 rings (SSSR count). The zero-order chi connectivity index (χ0) is 16.4. The monoisotopic (exact) mass is 317 g/mol. The first kappa shape index (κ1) is 17.8. The maximum absolute atomic E-state index is 12.0. The quantitative estimate of drug-likeness (QED) is 0.636. The van der Waals surface area contributed by atoms with Crippen molar-refractivity contribution in [3.05, 3.63) is 23.9 Å². The lowest BCUT2D eigenvalue weighted by Gasteiger charge is -2.07. The van der Waals surface area contributed by atoms with E-state index in [0.717, 1.165) is 0 Å². The van der Waals surface area contributed by atoms with Crippen molar-refractivity contribution in [2.24, 2.45) is 0 Å². The third-order valence-electron chi connectivity index (χ3n) is 2.39. The predicted molar refractivity (Wildman–Crippen MR) is 73.0 cm³/mol. The van der Waals surface area contributed by atoms with Crippen LogP contribution in [-0.4, -0.2) is 56.6 Å². The maximum atomic E-state index is 12.0. The van der Waals surface area contributed by atoms with Crippen LogP contribution < -0.4 is 15.4 Å². The number of amides is 2. The number of carbonyl (C=O) groups is 2. The van der Waals surface area contributed by atoms with Crippen LogP contribution in [-0.2, 0) is 9.53 Å². The van der Waals surface area contributed by atoms with Crippen LogP contribution in [0.2, 0.25) is 0 Å². The number of methoxy groups -OCH3 is 1. The van der Waals surface area contributed by atoms with Crippen LogP contribution in [0.25, 0.3) is 0 Å². The molecular formula is C13H17F2N3O4. The molecule has 2 N–H and O–H groups in total. The fraction of sp³-hybridized carbons (Fsp3) is 0.462. The normalized spacial score (nSPS) is 10.4. The summed E-state index contributed by atoms with van der Waals surface area (Å²) in [5.41, 5.74) is 0.189. The first-order valence-electron chi connectivity index (χ1n) is 6.43. The van der Waals surface area contributed by atoms with Crippen LogP contribution in [0.1, 0.15) is 10.4 Å². The average molecular weight is 317 g/mol. The van der Waals surface area contributed by atoms with E-state index < -0.39 is 18.9 Å². The summed E-state index contributed by atoms with van der Waals surface area (Å²) >= 11 is 0. The van der Waals surface area contributed by atoms with Gasteiger partial charge in [-0.3, -0.25) is 9.59 Å². The molecule has 9 heteroatoms. The summed E-state index contributed by atoms with van der Waals surface area (Å²) in [5, 5.41) is 4.94. The Bertz CT molecular complexity index is 483. The van der Waals surface area contributed by atoms with E-state index in [2.05, 4.69) is 20.4 Å². The molecule has 122 valence electrons. The van der Waals surface area contributed by atoms with Gasteiger partial charge in [-0.25, -0.2) is 13.8 Å². The molecule has 22 heavy (non-hydrogen) atoms. The highest BCUT2D eigenvalue weighted by atomic mass is 19.3. The molecule has 0 aliphatic carbocycles. The lowest BCUT2D eigenvalue weighted by Crippen LogP contribution is -2.38. The summed E-state index contributed by atoms with van der Waals surface area (Å²) in [5.74, 6) is -0.862. The molecule has 0 unspecified atom stereocenters. The van der Waals surface area contributed by atoms with Crippen molar-refractivity contribution >= 4 is 11.8 Å². The van der Waals surface area contributed by atoms with Gasteiger partial charge in [0.2, 0.25) is 11.8 Å². The number of nitrogens with one attached hydrogen (secondary N) is 2. The van der Waals surface area contributed by atoms with Gasteiger partial charge >= 0.3 is 0 Å². The zero-order valence-electron chi connectivity index (χ0n) is 12.0. The minimum atomic E-state index is -2.60. The van der Waals surface area contributed by atoms with Gasteiger partial charge in [0.1, 0.15) is 0 Å². The molecule has 0 spiro atoms. The van der Waals surface area contributed by atoms with Gasteiger partial charge in [-0.15, -0.1) is 0 Å². The third kappa shape index (κ3) is 6.93. The largest absolute Gasteiger partial charge is 0.472 e. The standard InChI is InChI=1S/C13H17F2N3O4/c1-21-5-4-16-11(19)7-18-13(20)9-2-3-12(17-6-9)22-8-10(14)15/h2-3,6,10H,4-5,7-8H2,1H3,(H,16,19)(H,18,20). The molecule has 1 aromatic heterocycles. The summed E-state index contributed by atoms with van der Waals surface area (Å²) < 4.78 is 33.4. The topological polar surface area (TPSA) is 89.6 Å². The Hall–Kier alpha value is -2.29. The SMILES string of the molecule is COCCNC(=O)CNC(=O)c1ccc(OCC(F)F)nc1. The molecule has 0 saturated heterocycles. The fourth-order valence-electron chi connectivity index (χ4n) is 1.37. The van der Waals surface area contributed by atoms with E-state index in [0.29, 0.717) is 13.2 Å². The number of carbonyl (C=O) groups excluding carboxylic acids is 2. The molecule has 0 aliphatic rings. The second-order valence-corrected chi connectivity index (χ2v) is 4.11. The van der Waals surface area contributed by atoms with E-state index in [4.69, 9.17) is 4.74 Å². The first-order valence-corrected chi connectivity index (χ1v) is 6.43. The van der Waals surface area contributed by atoms with Gasteiger partial charge in [0.25, 0.3) is 12.3 Å². The molecule has 1 aromatic rings. The number of rotatable bonds is 9.